The van der Waals surface area contributed by atoms with Gasteiger partial charge in [-0.15, -0.1) is 0 Å². The van der Waals surface area contributed by atoms with Crippen LogP contribution in [0.3, 0.4) is 0 Å². The zero-order chi connectivity index (χ0) is 16.4. The van der Waals surface area contributed by atoms with Crippen molar-refractivity contribution in [2.75, 3.05) is 0 Å². The molecule has 0 amide bonds. The molecule has 0 saturated heterocycles. The van der Waals surface area contributed by atoms with Crippen molar-refractivity contribution in [3.63, 3.8) is 0 Å². The van der Waals surface area contributed by atoms with Crippen LogP contribution >= 0.6 is 0 Å². The third-order valence-corrected chi connectivity index (χ3v) is 4.60. The molecule has 0 aliphatic carbocycles. The second-order valence-corrected chi connectivity index (χ2v) is 5.89. The van der Waals surface area contributed by atoms with Gasteiger partial charge in [-0.2, -0.15) is 0 Å². The van der Waals surface area contributed by atoms with Gasteiger partial charge in [-0.1, -0.05) is 60.7 Å². The maximum Gasteiger partial charge on any atom is 0.150 e. The van der Waals surface area contributed by atoms with Crippen molar-refractivity contribution in [2.24, 2.45) is 0 Å². The molecule has 0 fully saturated rings. The van der Waals surface area contributed by atoms with Crippen molar-refractivity contribution >= 4 is 6.29 Å². The van der Waals surface area contributed by atoms with Crippen molar-refractivity contribution in [1.82, 2.24) is 0 Å². The van der Waals surface area contributed by atoms with Crippen LogP contribution in [0.25, 0.3) is 22.3 Å². The van der Waals surface area contributed by atoms with E-state index in [9.17, 15) is 4.79 Å². The third-order valence-electron chi connectivity index (χ3n) is 4.60. The molecule has 114 valence electrons. The second kappa shape index (κ2) is 6.21. The monoisotopic (exact) mass is 300 g/mol. The van der Waals surface area contributed by atoms with Gasteiger partial charge in [0.25, 0.3) is 0 Å². The number of hydrogen-bond donors (Lipinski definition) is 0. The van der Waals surface area contributed by atoms with Gasteiger partial charge < -0.3 is 0 Å². The molecule has 0 radical (unpaired) electrons. The Morgan fingerprint density at radius 1 is 0.609 bits per heavy atom. The SMILES string of the molecule is Cc1c(C)c(-c2ccccc2)c(C=O)c(C)c1-c1ccccc1. The van der Waals surface area contributed by atoms with Crippen LogP contribution < -0.4 is 0 Å². The van der Waals surface area contributed by atoms with Crippen LogP contribution in [0, 0.1) is 20.8 Å². The van der Waals surface area contributed by atoms with Crippen LogP contribution in [0.15, 0.2) is 60.7 Å². The Morgan fingerprint density at radius 3 is 1.52 bits per heavy atom. The summed E-state index contributed by atoms with van der Waals surface area (Å²) in [5.41, 5.74) is 8.72. The van der Waals surface area contributed by atoms with E-state index in [-0.39, 0.29) is 0 Å². The summed E-state index contributed by atoms with van der Waals surface area (Å²) in [6.07, 6.45) is 0.997. The number of carbonyl (C=O) groups is 1. The molecule has 0 N–H and O–H groups in total. The van der Waals surface area contributed by atoms with Crippen LogP contribution in [0.4, 0.5) is 0 Å². The predicted octanol–water partition coefficient (Wildman–Crippen LogP) is 5.76. The summed E-state index contributed by atoms with van der Waals surface area (Å²) < 4.78 is 0. The number of carbonyl (C=O) groups excluding carboxylic acids is 1. The maximum absolute atomic E-state index is 11.9. The summed E-state index contributed by atoms with van der Waals surface area (Å²) in [5.74, 6) is 0. The Labute approximate surface area is 137 Å². The van der Waals surface area contributed by atoms with E-state index in [4.69, 9.17) is 0 Å². The van der Waals surface area contributed by atoms with E-state index in [1.54, 1.807) is 0 Å². The van der Waals surface area contributed by atoms with Gasteiger partial charge >= 0.3 is 0 Å². The zero-order valence-corrected chi connectivity index (χ0v) is 13.8. The van der Waals surface area contributed by atoms with Gasteiger partial charge in [0.1, 0.15) is 0 Å². The molecule has 1 nitrogen and oxygen atoms in total. The molecule has 0 aliphatic heterocycles. The lowest BCUT2D eigenvalue weighted by Gasteiger charge is -2.20. The highest BCUT2D eigenvalue weighted by Crippen LogP contribution is 2.38. The maximum atomic E-state index is 11.9. The van der Waals surface area contributed by atoms with E-state index < -0.39 is 0 Å². The van der Waals surface area contributed by atoms with Gasteiger partial charge in [-0.05, 0) is 59.7 Å². The smallest absolute Gasteiger partial charge is 0.150 e. The van der Waals surface area contributed by atoms with Crippen LogP contribution in [0.2, 0.25) is 0 Å². The van der Waals surface area contributed by atoms with Crippen molar-refractivity contribution < 1.29 is 4.79 Å². The Kier molecular flexibility index (Phi) is 4.12. The first kappa shape index (κ1) is 15.2. The Morgan fingerprint density at radius 2 is 1.04 bits per heavy atom. The second-order valence-electron chi connectivity index (χ2n) is 5.89. The summed E-state index contributed by atoms with van der Waals surface area (Å²) >= 11 is 0. The molecule has 0 atom stereocenters. The lowest BCUT2D eigenvalue weighted by atomic mass is 9.83. The van der Waals surface area contributed by atoms with Crippen molar-refractivity contribution in [3.05, 3.63) is 82.9 Å². The molecule has 0 aromatic heterocycles. The summed E-state index contributed by atoms with van der Waals surface area (Å²) in [4.78, 5) is 11.9. The van der Waals surface area contributed by atoms with Gasteiger partial charge in [0.2, 0.25) is 0 Å². The lowest BCUT2D eigenvalue weighted by Crippen LogP contribution is -2.02. The minimum Gasteiger partial charge on any atom is -0.298 e. The standard InChI is InChI=1S/C22H20O/c1-15-16(2)22(19-12-8-5-9-13-19)20(14-23)17(3)21(15)18-10-6-4-7-11-18/h4-14H,1-3H3. The molecule has 3 rings (SSSR count). The van der Waals surface area contributed by atoms with Crippen molar-refractivity contribution in [3.8, 4) is 22.3 Å². The number of rotatable bonds is 3. The molecule has 0 saturated carbocycles. The van der Waals surface area contributed by atoms with Gasteiger partial charge in [-0.25, -0.2) is 0 Å². The average Bonchev–Trinajstić information content (AvgIpc) is 2.59. The minimum absolute atomic E-state index is 0.790. The number of benzene rings is 3. The van der Waals surface area contributed by atoms with E-state index in [1.165, 1.54) is 16.7 Å². The topological polar surface area (TPSA) is 17.1 Å². The highest BCUT2D eigenvalue weighted by Gasteiger charge is 2.18. The first-order valence-corrected chi connectivity index (χ1v) is 7.85. The molecule has 3 aromatic rings. The summed E-state index contributed by atoms with van der Waals surface area (Å²) in [6, 6.07) is 20.4. The first-order chi connectivity index (χ1) is 11.1. The molecule has 0 aliphatic rings. The summed E-state index contributed by atoms with van der Waals surface area (Å²) in [7, 11) is 0. The van der Waals surface area contributed by atoms with Crippen LogP contribution in [-0.4, -0.2) is 6.29 Å². The molecular formula is C22H20O. The quantitative estimate of drug-likeness (QED) is 0.562. The summed E-state index contributed by atoms with van der Waals surface area (Å²) in [6.45, 7) is 6.30. The van der Waals surface area contributed by atoms with E-state index in [1.807, 2.05) is 43.3 Å². The van der Waals surface area contributed by atoms with Crippen LogP contribution in [0.1, 0.15) is 27.0 Å². The average molecular weight is 300 g/mol. The highest BCUT2D eigenvalue weighted by molar-refractivity contribution is 5.95. The highest BCUT2D eigenvalue weighted by atomic mass is 16.1. The molecule has 0 spiro atoms. The van der Waals surface area contributed by atoms with Crippen molar-refractivity contribution in [1.29, 1.82) is 0 Å². The predicted molar refractivity (Wildman–Crippen MR) is 96.9 cm³/mol. The van der Waals surface area contributed by atoms with E-state index in [2.05, 4.69) is 38.1 Å². The lowest BCUT2D eigenvalue weighted by molar-refractivity contribution is 0.112. The normalized spacial score (nSPS) is 10.6. The van der Waals surface area contributed by atoms with Gasteiger partial charge in [0.05, 0.1) is 0 Å². The molecule has 0 unspecified atom stereocenters. The zero-order valence-electron chi connectivity index (χ0n) is 13.8. The number of aldehydes is 1. The number of hydrogen-bond acceptors (Lipinski definition) is 1. The fourth-order valence-electron chi connectivity index (χ4n) is 3.34. The molecule has 0 heterocycles. The van der Waals surface area contributed by atoms with Gasteiger partial charge in [0.15, 0.2) is 6.29 Å². The Balaban J connectivity index is 2.36. The molecule has 3 aromatic carbocycles. The fourth-order valence-corrected chi connectivity index (χ4v) is 3.34. The third kappa shape index (κ3) is 2.59. The Bertz CT molecular complexity index is 846. The minimum atomic E-state index is 0.790. The van der Waals surface area contributed by atoms with E-state index >= 15 is 0 Å². The fraction of sp³-hybridized carbons (Fsp3) is 0.136. The van der Waals surface area contributed by atoms with Gasteiger partial charge in [-0.3, -0.25) is 4.79 Å². The van der Waals surface area contributed by atoms with Crippen LogP contribution in [-0.2, 0) is 0 Å². The molecule has 0 bridgehead atoms. The van der Waals surface area contributed by atoms with Gasteiger partial charge in [0, 0.05) is 5.56 Å². The van der Waals surface area contributed by atoms with E-state index in [0.29, 0.717) is 0 Å². The summed E-state index contributed by atoms with van der Waals surface area (Å²) in [5, 5.41) is 0. The Hall–Kier alpha value is -2.67. The molecule has 1 heteroatoms. The molecular weight excluding hydrogens is 280 g/mol. The van der Waals surface area contributed by atoms with E-state index in [0.717, 1.165) is 34.1 Å². The largest absolute Gasteiger partial charge is 0.298 e. The first-order valence-electron chi connectivity index (χ1n) is 7.85. The van der Waals surface area contributed by atoms with Crippen LogP contribution in [0.5, 0.6) is 0 Å². The molecule has 23 heavy (non-hydrogen) atoms. The van der Waals surface area contributed by atoms with Crippen molar-refractivity contribution in [2.45, 2.75) is 20.8 Å².